The Morgan fingerprint density at radius 3 is 2.05 bits per heavy atom. The minimum atomic E-state index is -0.229. The van der Waals surface area contributed by atoms with Gasteiger partial charge in [0.25, 0.3) is 0 Å². The highest BCUT2D eigenvalue weighted by molar-refractivity contribution is 6.00. The maximum atomic E-state index is 11.8. The number of hydrogen-bond donors (Lipinski definition) is 2. The van der Waals surface area contributed by atoms with Crippen molar-refractivity contribution in [1.82, 2.24) is 0 Å². The van der Waals surface area contributed by atoms with Crippen molar-refractivity contribution in [3.8, 4) is 0 Å². The molecule has 0 fully saturated rings. The number of rotatable bonds is 2. The molecule has 0 saturated carbocycles. The van der Waals surface area contributed by atoms with Crippen LogP contribution in [-0.4, -0.2) is 6.03 Å². The van der Waals surface area contributed by atoms with Crippen molar-refractivity contribution in [3.05, 3.63) is 59.7 Å². The van der Waals surface area contributed by atoms with Crippen LogP contribution in [0.5, 0.6) is 0 Å². The van der Waals surface area contributed by atoms with Gasteiger partial charge in [0.1, 0.15) is 0 Å². The number of carbonyl (C=O) groups excluding carboxylic acids is 1. The Labute approximate surface area is 127 Å². The van der Waals surface area contributed by atoms with Gasteiger partial charge in [0.15, 0.2) is 0 Å². The second-order valence-electron chi connectivity index (χ2n) is 4.97. The third-order valence-corrected chi connectivity index (χ3v) is 2.70. The Morgan fingerprint density at radius 1 is 0.905 bits per heavy atom. The van der Waals surface area contributed by atoms with Gasteiger partial charge in [-0.3, -0.25) is 0 Å². The van der Waals surface area contributed by atoms with E-state index in [1.807, 2.05) is 62.4 Å². The van der Waals surface area contributed by atoms with E-state index in [4.69, 9.17) is 0 Å². The van der Waals surface area contributed by atoms with E-state index in [9.17, 15) is 4.79 Å². The summed E-state index contributed by atoms with van der Waals surface area (Å²) in [6.07, 6.45) is 1.25. The normalized spacial score (nSPS) is 9.33. The molecule has 0 radical (unpaired) electrons. The fourth-order valence-electron chi connectivity index (χ4n) is 1.63. The average Bonchev–Trinajstić information content (AvgIpc) is 2.45. The third kappa shape index (κ3) is 6.13. The van der Waals surface area contributed by atoms with Gasteiger partial charge in [-0.15, -0.1) is 0 Å². The predicted octanol–water partition coefficient (Wildman–Crippen LogP) is 5.36. The van der Waals surface area contributed by atoms with Crippen LogP contribution in [0.25, 0.3) is 0 Å². The summed E-state index contributed by atoms with van der Waals surface area (Å²) in [5.41, 5.74) is 3.81. The van der Waals surface area contributed by atoms with Crippen LogP contribution in [0.4, 0.5) is 16.2 Å². The smallest absolute Gasteiger partial charge is 0.308 e. The maximum absolute atomic E-state index is 11.8. The Morgan fingerprint density at radius 2 is 1.48 bits per heavy atom. The van der Waals surface area contributed by atoms with Gasteiger partial charge < -0.3 is 10.6 Å². The Hall–Kier alpha value is -2.29. The van der Waals surface area contributed by atoms with Crippen LogP contribution in [0.1, 0.15) is 31.4 Å². The van der Waals surface area contributed by atoms with E-state index in [2.05, 4.69) is 24.5 Å². The fourth-order valence-corrected chi connectivity index (χ4v) is 1.63. The van der Waals surface area contributed by atoms with Crippen molar-refractivity contribution in [3.63, 3.8) is 0 Å². The molecule has 112 valence electrons. The molecule has 0 aliphatic heterocycles. The van der Waals surface area contributed by atoms with E-state index in [-0.39, 0.29) is 6.03 Å². The zero-order valence-corrected chi connectivity index (χ0v) is 13.2. The van der Waals surface area contributed by atoms with E-state index < -0.39 is 0 Å². The van der Waals surface area contributed by atoms with Crippen molar-refractivity contribution in [2.24, 2.45) is 0 Å². The molecule has 0 bridgehead atoms. The van der Waals surface area contributed by atoms with Crippen LogP contribution in [0, 0.1) is 13.8 Å². The number of benzene rings is 2. The summed E-state index contributed by atoms with van der Waals surface area (Å²) in [6.45, 7) is 8.22. The Balaban J connectivity index is 0.000000677. The van der Waals surface area contributed by atoms with Gasteiger partial charge in [-0.05, 0) is 37.6 Å². The van der Waals surface area contributed by atoms with Crippen LogP contribution in [-0.2, 0) is 0 Å². The summed E-state index contributed by atoms with van der Waals surface area (Å²) < 4.78 is 0. The Kier molecular flexibility index (Phi) is 7.02. The van der Waals surface area contributed by atoms with E-state index in [0.29, 0.717) is 0 Å². The van der Waals surface area contributed by atoms with Crippen LogP contribution < -0.4 is 10.6 Å². The lowest BCUT2D eigenvalue weighted by molar-refractivity contribution is 0.262. The summed E-state index contributed by atoms with van der Waals surface area (Å²) >= 11 is 0. The molecule has 21 heavy (non-hydrogen) atoms. The summed E-state index contributed by atoms with van der Waals surface area (Å²) in [5.74, 6) is 0. The van der Waals surface area contributed by atoms with Gasteiger partial charge in [-0.25, -0.2) is 4.79 Å². The van der Waals surface area contributed by atoms with Crippen LogP contribution in [0.2, 0.25) is 0 Å². The van der Waals surface area contributed by atoms with E-state index in [0.717, 1.165) is 16.9 Å². The largest absolute Gasteiger partial charge is 0.323 e. The second-order valence-corrected chi connectivity index (χ2v) is 4.97. The molecular formula is C18H24N2O. The Bertz CT molecular complexity index is 562. The minimum Gasteiger partial charge on any atom is -0.308 e. The highest BCUT2D eigenvalue weighted by Gasteiger charge is 2.03. The molecule has 0 aliphatic rings. The molecule has 0 atom stereocenters. The molecule has 3 heteroatoms. The van der Waals surface area contributed by atoms with Crippen molar-refractivity contribution in [2.45, 2.75) is 34.1 Å². The monoisotopic (exact) mass is 284 g/mol. The van der Waals surface area contributed by atoms with Gasteiger partial charge >= 0.3 is 6.03 Å². The number of amides is 2. The van der Waals surface area contributed by atoms with Crippen LogP contribution >= 0.6 is 0 Å². The number of carbonyl (C=O) groups is 1. The van der Waals surface area contributed by atoms with E-state index in [1.54, 1.807) is 0 Å². The van der Waals surface area contributed by atoms with E-state index in [1.165, 1.54) is 12.0 Å². The minimum absolute atomic E-state index is 0.229. The first-order valence-corrected chi connectivity index (χ1v) is 7.27. The molecular weight excluding hydrogens is 260 g/mol. The van der Waals surface area contributed by atoms with Crippen molar-refractivity contribution in [2.75, 3.05) is 10.6 Å². The van der Waals surface area contributed by atoms with Crippen molar-refractivity contribution < 1.29 is 4.79 Å². The molecule has 0 saturated heterocycles. The molecule has 2 amide bonds. The number of aryl methyl sites for hydroxylation is 2. The number of nitrogens with one attached hydrogen (secondary N) is 2. The molecule has 0 aliphatic carbocycles. The van der Waals surface area contributed by atoms with Crippen molar-refractivity contribution >= 4 is 17.4 Å². The first-order valence-electron chi connectivity index (χ1n) is 7.27. The summed E-state index contributed by atoms with van der Waals surface area (Å²) in [4.78, 5) is 11.8. The lowest BCUT2D eigenvalue weighted by Crippen LogP contribution is -2.19. The molecule has 0 heterocycles. The van der Waals surface area contributed by atoms with Gasteiger partial charge in [0.2, 0.25) is 0 Å². The van der Waals surface area contributed by atoms with Gasteiger partial charge in [-0.1, -0.05) is 56.2 Å². The summed E-state index contributed by atoms with van der Waals surface area (Å²) in [6, 6.07) is 15.1. The van der Waals surface area contributed by atoms with Crippen LogP contribution in [0.15, 0.2) is 48.5 Å². The van der Waals surface area contributed by atoms with Gasteiger partial charge in [0.05, 0.1) is 0 Å². The number of para-hydroxylation sites is 1. The molecule has 0 unspecified atom stereocenters. The highest BCUT2D eigenvalue weighted by atomic mass is 16.2. The SMILES string of the molecule is CCC.Cc1ccc(NC(=O)Nc2ccccc2C)cc1. The molecule has 2 aromatic rings. The van der Waals surface area contributed by atoms with Gasteiger partial charge in [-0.2, -0.15) is 0 Å². The first kappa shape index (κ1) is 16.8. The fraction of sp³-hybridized carbons (Fsp3) is 0.278. The number of anilines is 2. The zero-order valence-electron chi connectivity index (χ0n) is 13.2. The zero-order chi connectivity index (χ0) is 15.7. The second kappa shape index (κ2) is 8.80. The van der Waals surface area contributed by atoms with Crippen LogP contribution in [0.3, 0.4) is 0 Å². The lowest BCUT2D eigenvalue weighted by Gasteiger charge is -2.09. The summed E-state index contributed by atoms with van der Waals surface area (Å²) in [7, 11) is 0. The number of urea groups is 1. The molecule has 3 nitrogen and oxygen atoms in total. The van der Waals surface area contributed by atoms with E-state index >= 15 is 0 Å². The first-order chi connectivity index (χ1) is 10.1. The molecule has 2 N–H and O–H groups in total. The quantitative estimate of drug-likeness (QED) is 0.765. The third-order valence-electron chi connectivity index (χ3n) is 2.70. The molecule has 0 aromatic heterocycles. The highest BCUT2D eigenvalue weighted by Crippen LogP contribution is 2.14. The van der Waals surface area contributed by atoms with Gasteiger partial charge in [0, 0.05) is 11.4 Å². The predicted molar refractivity (Wildman–Crippen MR) is 91.0 cm³/mol. The maximum Gasteiger partial charge on any atom is 0.323 e. The molecule has 2 aromatic carbocycles. The standard InChI is InChI=1S/C15H16N2O.C3H8/c1-11-7-9-13(10-8-11)16-15(18)17-14-6-4-3-5-12(14)2;1-3-2/h3-10H,1-2H3,(H2,16,17,18);3H2,1-2H3. The molecule has 0 spiro atoms. The molecule has 2 rings (SSSR count). The lowest BCUT2D eigenvalue weighted by atomic mass is 10.2. The summed E-state index contributed by atoms with van der Waals surface area (Å²) in [5, 5.41) is 5.62. The average molecular weight is 284 g/mol. The topological polar surface area (TPSA) is 41.1 Å². The number of hydrogen-bond acceptors (Lipinski definition) is 1. The van der Waals surface area contributed by atoms with Crippen molar-refractivity contribution in [1.29, 1.82) is 0 Å².